The monoisotopic (exact) mass is 395 g/mol. The van der Waals surface area contributed by atoms with Gasteiger partial charge in [0.15, 0.2) is 0 Å². The van der Waals surface area contributed by atoms with Crippen LogP contribution in [0.4, 0.5) is 0 Å². The van der Waals surface area contributed by atoms with Gasteiger partial charge in [0.05, 0.1) is 5.69 Å². The van der Waals surface area contributed by atoms with Crippen LogP contribution in [0.5, 0.6) is 11.8 Å². The number of hydrogen-bond donors (Lipinski definition) is 2. The van der Waals surface area contributed by atoms with Gasteiger partial charge in [0.25, 0.3) is 0 Å². The minimum Gasteiger partial charge on any atom is -0.494 e. The molecule has 0 amide bonds. The molecule has 0 spiro atoms. The molecule has 3 nitrogen and oxygen atoms in total. The third kappa shape index (κ3) is 1.66. The topological polar surface area (TPSA) is 45.4 Å². The van der Waals surface area contributed by atoms with Crippen LogP contribution in [-0.2, 0) is 0 Å². The number of rotatable bonds is 1. The van der Waals surface area contributed by atoms with E-state index in [-0.39, 0.29) is 11.8 Å². The number of halogens is 1. The quantitative estimate of drug-likeness (QED) is 0.577. The summed E-state index contributed by atoms with van der Waals surface area (Å²) in [4.78, 5) is 0. The summed E-state index contributed by atoms with van der Waals surface area (Å²) in [6, 6.07) is 12.1. The Morgan fingerprint density at radius 3 is 2.08 bits per heavy atom. The Balaban J connectivity index is 1.66. The van der Waals surface area contributed by atoms with E-state index in [1.54, 1.807) is 4.57 Å². The van der Waals surface area contributed by atoms with Crippen molar-refractivity contribution in [3.8, 4) is 17.4 Å². The molecule has 0 aliphatic heterocycles. The summed E-state index contributed by atoms with van der Waals surface area (Å²) in [5, 5.41) is 24.3. The van der Waals surface area contributed by atoms with Crippen molar-refractivity contribution in [2.45, 2.75) is 31.1 Å². The Kier molecular flexibility index (Phi) is 2.63. The second-order valence-corrected chi connectivity index (χ2v) is 8.63. The number of benzene rings is 2. The SMILES string of the molecule is Oc1c2c(c(O)n1-c1ccc(Br)c3ccccc13)[C@@H]1CC[C@H]2[C@H]2C[C@H]21. The summed E-state index contributed by atoms with van der Waals surface area (Å²) in [6.07, 6.45) is 3.57. The van der Waals surface area contributed by atoms with Gasteiger partial charge in [-0.1, -0.05) is 40.2 Å². The summed E-state index contributed by atoms with van der Waals surface area (Å²) < 4.78 is 2.69. The average Bonchev–Trinajstić information content (AvgIpc) is 3.41. The van der Waals surface area contributed by atoms with E-state index in [0.717, 1.165) is 56.7 Å². The van der Waals surface area contributed by atoms with E-state index in [1.165, 1.54) is 6.42 Å². The molecule has 3 aromatic rings. The van der Waals surface area contributed by atoms with Gasteiger partial charge in [0.1, 0.15) is 0 Å². The zero-order chi connectivity index (χ0) is 16.9. The lowest BCUT2D eigenvalue weighted by molar-refractivity contribution is 0.322. The van der Waals surface area contributed by atoms with Crippen LogP contribution < -0.4 is 0 Å². The number of hydrogen-bond acceptors (Lipinski definition) is 2. The molecule has 2 aromatic carbocycles. The van der Waals surface area contributed by atoms with Gasteiger partial charge in [-0.05, 0) is 60.5 Å². The van der Waals surface area contributed by atoms with Crippen LogP contribution >= 0.6 is 15.9 Å². The molecular formula is C21H18BrNO2. The zero-order valence-electron chi connectivity index (χ0n) is 13.6. The molecule has 25 heavy (non-hydrogen) atoms. The van der Waals surface area contributed by atoms with Gasteiger partial charge in [-0.3, -0.25) is 4.57 Å². The lowest BCUT2D eigenvalue weighted by Crippen LogP contribution is -2.22. The molecule has 4 heteroatoms. The Morgan fingerprint density at radius 1 is 0.840 bits per heavy atom. The molecule has 2 fully saturated rings. The fourth-order valence-corrected chi connectivity index (χ4v) is 6.13. The largest absolute Gasteiger partial charge is 0.494 e. The van der Waals surface area contributed by atoms with Gasteiger partial charge in [-0.25, -0.2) is 0 Å². The smallest absolute Gasteiger partial charge is 0.202 e. The minimum atomic E-state index is 0.250. The highest BCUT2D eigenvalue weighted by Crippen LogP contribution is 2.70. The third-order valence-electron chi connectivity index (χ3n) is 6.74. The highest BCUT2D eigenvalue weighted by atomic mass is 79.9. The van der Waals surface area contributed by atoms with Crippen LogP contribution in [0.2, 0.25) is 0 Å². The van der Waals surface area contributed by atoms with Gasteiger partial charge in [-0.2, -0.15) is 0 Å². The fraction of sp³-hybridized carbons (Fsp3) is 0.333. The molecule has 4 aliphatic rings. The molecule has 0 unspecified atom stereocenters. The summed E-state index contributed by atoms with van der Waals surface area (Å²) in [6.45, 7) is 0. The Hall–Kier alpha value is -1.94. The highest BCUT2D eigenvalue weighted by molar-refractivity contribution is 9.10. The van der Waals surface area contributed by atoms with Crippen molar-refractivity contribution in [2.75, 3.05) is 0 Å². The van der Waals surface area contributed by atoms with Crippen LogP contribution in [0, 0.1) is 11.8 Å². The van der Waals surface area contributed by atoms with Crippen LogP contribution in [0.3, 0.4) is 0 Å². The molecular weight excluding hydrogens is 378 g/mol. The maximum Gasteiger partial charge on any atom is 0.202 e. The van der Waals surface area contributed by atoms with E-state index in [9.17, 15) is 10.2 Å². The first-order valence-corrected chi connectivity index (χ1v) is 9.80. The molecule has 7 rings (SSSR count). The average molecular weight is 396 g/mol. The third-order valence-corrected chi connectivity index (χ3v) is 7.43. The van der Waals surface area contributed by atoms with E-state index in [0.29, 0.717) is 11.8 Å². The van der Waals surface area contributed by atoms with Crippen LogP contribution in [0.1, 0.15) is 42.2 Å². The lowest BCUT2D eigenvalue weighted by atomic mass is 9.68. The highest BCUT2D eigenvalue weighted by Gasteiger charge is 2.58. The Labute approximate surface area is 154 Å². The van der Waals surface area contributed by atoms with Gasteiger partial charge >= 0.3 is 0 Å². The molecule has 126 valence electrons. The Bertz CT molecular complexity index is 1010. The number of nitrogens with zero attached hydrogens (tertiary/aromatic N) is 1. The first-order chi connectivity index (χ1) is 12.2. The van der Waals surface area contributed by atoms with Crippen molar-refractivity contribution in [3.05, 3.63) is 52.0 Å². The van der Waals surface area contributed by atoms with Crippen molar-refractivity contribution < 1.29 is 10.2 Å². The van der Waals surface area contributed by atoms with Crippen molar-refractivity contribution in [1.82, 2.24) is 4.57 Å². The zero-order valence-corrected chi connectivity index (χ0v) is 15.2. The van der Waals surface area contributed by atoms with Crippen LogP contribution in [0.25, 0.3) is 16.5 Å². The van der Waals surface area contributed by atoms with Gasteiger partial charge in [0.2, 0.25) is 11.8 Å². The number of aromatic hydroxyl groups is 2. The van der Waals surface area contributed by atoms with E-state index in [4.69, 9.17) is 0 Å². The van der Waals surface area contributed by atoms with E-state index in [2.05, 4.69) is 22.0 Å². The standard InChI is InChI=1S/C21H18BrNO2/c22-16-7-8-17(11-4-2-1-3-10(11)16)23-20(24)18-12-5-6-13(15-9-14(12)15)19(18)21(23)25/h1-4,7-8,12-15,24-25H,5-6,9H2/t12-,13+,14+,15-. The summed E-state index contributed by atoms with van der Waals surface area (Å²) in [5.74, 6) is 2.82. The first-order valence-electron chi connectivity index (χ1n) is 9.01. The fourth-order valence-electron chi connectivity index (χ4n) is 5.65. The van der Waals surface area contributed by atoms with Gasteiger partial charge in [-0.15, -0.1) is 0 Å². The lowest BCUT2D eigenvalue weighted by Gasteiger charge is -2.35. The van der Waals surface area contributed by atoms with Crippen LogP contribution in [-0.4, -0.2) is 14.8 Å². The van der Waals surface area contributed by atoms with E-state index >= 15 is 0 Å². The molecule has 4 aliphatic carbocycles. The van der Waals surface area contributed by atoms with Gasteiger partial charge < -0.3 is 10.2 Å². The number of aromatic nitrogens is 1. The van der Waals surface area contributed by atoms with Crippen molar-refractivity contribution in [1.29, 1.82) is 0 Å². The van der Waals surface area contributed by atoms with Crippen molar-refractivity contribution in [2.24, 2.45) is 11.8 Å². The molecule has 0 radical (unpaired) electrons. The predicted octanol–water partition coefficient (Wildman–Crippen LogP) is 5.41. The Morgan fingerprint density at radius 2 is 1.44 bits per heavy atom. The minimum absolute atomic E-state index is 0.250. The van der Waals surface area contributed by atoms with E-state index in [1.807, 2.05) is 30.3 Å². The molecule has 2 bridgehead atoms. The first kappa shape index (κ1) is 14.3. The molecule has 0 saturated heterocycles. The maximum absolute atomic E-state index is 11.1. The predicted molar refractivity (Wildman–Crippen MR) is 101 cm³/mol. The number of fused-ring (bicyclic) bond motifs is 2. The summed E-state index contributed by atoms with van der Waals surface area (Å²) in [5.41, 5.74) is 2.90. The second kappa shape index (κ2) is 4.61. The molecule has 1 heterocycles. The summed E-state index contributed by atoms with van der Waals surface area (Å²) in [7, 11) is 0. The molecule has 2 N–H and O–H groups in total. The van der Waals surface area contributed by atoms with Crippen molar-refractivity contribution >= 4 is 26.7 Å². The molecule has 1 aromatic heterocycles. The van der Waals surface area contributed by atoms with Crippen molar-refractivity contribution in [3.63, 3.8) is 0 Å². The maximum atomic E-state index is 11.1. The van der Waals surface area contributed by atoms with E-state index < -0.39 is 0 Å². The molecule has 2 saturated carbocycles. The normalized spacial score (nSPS) is 28.8. The van der Waals surface area contributed by atoms with Gasteiger partial charge in [0, 0.05) is 21.0 Å². The molecule has 4 atom stereocenters. The summed E-state index contributed by atoms with van der Waals surface area (Å²) >= 11 is 3.61. The second-order valence-electron chi connectivity index (χ2n) is 7.78. The van der Waals surface area contributed by atoms with Crippen LogP contribution in [0.15, 0.2) is 40.9 Å².